The van der Waals surface area contributed by atoms with E-state index in [2.05, 4.69) is 5.32 Å². The standard InChI is InChI=1S/C16H29N3O2.HI/c1-2-20-14-11-13(16(14)9-6-10-21-16)19-15(17)18-12-7-4-3-5-8-12;/h12-14H,2-11H2,1H3,(H3,17,18,19);1H. The van der Waals surface area contributed by atoms with Crippen LogP contribution < -0.4 is 11.1 Å². The first-order chi connectivity index (χ1) is 10.2. The maximum absolute atomic E-state index is 6.13. The van der Waals surface area contributed by atoms with Gasteiger partial charge < -0.3 is 20.5 Å². The van der Waals surface area contributed by atoms with E-state index in [0.717, 1.165) is 32.5 Å². The highest BCUT2D eigenvalue weighted by molar-refractivity contribution is 14.0. The maximum atomic E-state index is 6.13. The number of halogens is 1. The molecule has 0 radical (unpaired) electrons. The number of hydrogen-bond acceptors (Lipinski definition) is 3. The highest BCUT2D eigenvalue weighted by Crippen LogP contribution is 2.47. The summed E-state index contributed by atoms with van der Waals surface area (Å²) < 4.78 is 11.9. The third-order valence-electron chi connectivity index (χ3n) is 5.25. The van der Waals surface area contributed by atoms with E-state index in [-0.39, 0.29) is 41.7 Å². The second-order valence-corrected chi connectivity index (χ2v) is 6.60. The van der Waals surface area contributed by atoms with E-state index in [0.29, 0.717) is 12.0 Å². The van der Waals surface area contributed by atoms with Crippen LogP contribution >= 0.6 is 24.0 Å². The quantitative estimate of drug-likeness (QED) is 0.415. The van der Waals surface area contributed by atoms with Crippen molar-refractivity contribution in [2.45, 2.75) is 82.1 Å². The third kappa shape index (κ3) is 3.70. The Hall–Kier alpha value is -0.0800. The number of aliphatic imine (C=N–C) groups is 1. The molecule has 0 aromatic rings. The molecule has 3 aliphatic rings. The Kier molecular flexibility index (Phi) is 6.76. The van der Waals surface area contributed by atoms with E-state index < -0.39 is 0 Å². The molecule has 22 heavy (non-hydrogen) atoms. The first kappa shape index (κ1) is 18.3. The molecule has 3 fully saturated rings. The Labute approximate surface area is 150 Å². The monoisotopic (exact) mass is 423 g/mol. The highest BCUT2D eigenvalue weighted by Gasteiger charge is 2.59. The van der Waals surface area contributed by atoms with Gasteiger partial charge in [0.25, 0.3) is 0 Å². The molecule has 1 spiro atoms. The lowest BCUT2D eigenvalue weighted by Gasteiger charge is -2.50. The van der Waals surface area contributed by atoms with Crippen molar-refractivity contribution in [3.8, 4) is 0 Å². The number of rotatable bonds is 4. The molecule has 0 bridgehead atoms. The molecule has 128 valence electrons. The summed E-state index contributed by atoms with van der Waals surface area (Å²) in [4.78, 5) is 4.72. The second-order valence-electron chi connectivity index (χ2n) is 6.60. The van der Waals surface area contributed by atoms with Gasteiger partial charge in [-0.1, -0.05) is 19.3 Å². The smallest absolute Gasteiger partial charge is 0.189 e. The van der Waals surface area contributed by atoms with Crippen molar-refractivity contribution in [1.82, 2.24) is 5.32 Å². The molecule has 2 aliphatic carbocycles. The Morgan fingerprint density at radius 3 is 2.73 bits per heavy atom. The third-order valence-corrected chi connectivity index (χ3v) is 5.25. The van der Waals surface area contributed by atoms with Crippen LogP contribution in [-0.2, 0) is 9.47 Å². The Morgan fingerprint density at radius 1 is 1.32 bits per heavy atom. The van der Waals surface area contributed by atoms with Gasteiger partial charge in [0.2, 0.25) is 0 Å². The largest absolute Gasteiger partial charge is 0.375 e. The molecular formula is C16H30IN3O2. The molecule has 3 unspecified atom stereocenters. The predicted octanol–water partition coefficient (Wildman–Crippen LogP) is 2.57. The average Bonchev–Trinajstić information content (AvgIpc) is 3.00. The van der Waals surface area contributed by atoms with Crippen LogP contribution in [-0.4, -0.2) is 43.0 Å². The average molecular weight is 423 g/mol. The van der Waals surface area contributed by atoms with Crippen LogP contribution in [0.4, 0.5) is 0 Å². The first-order valence-electron chi connectivity index (χ1n) is 8.60. The van der Waals surface area contributed by atoms with Crippen LogP contribution in [0.25, 0.3) is 0 Å². The molecule has 3 atom stereocenters. The summed E-state index contributed by atoms with van der Waals surface area (Å²) in [6, 6.07) is 0.665. The first-order valence-corrected chi connectivity index (χ1v) is 8.60. The van der Waals surface area contributed by atoms with Gasteiger partial charge in [0.1, 0.15) is 5.60 Å². The van der Waals surface area contributed by atoms with E-state index in [1.54, 1.807) is 0 Å². The highest BCUT2D eigenvalue weighted by atomic mass is 127. The fraction of sp³-hybridized carbons (Fsp3) is 0.938. The zero-order valence-electron chi connectivity index (χ0n) is 13.6. The summed E-state index contributed by atoms with van der Waals surface area (Å²) in [6.07, 6.45) is 9.65. The van der Waals surface area contributed by atoms with E-state index in [1.165, 1.54) is 32.1 Å². The van der Waals surface area contributed by atoms with Crippen molar-refractivity contribution in [3.05, 3.63) is 0 Å². The molecule has 1 heterocycles. The van der Waals surface area contributed by atoms with Gasteiger partial charge in [0.05, 0.1) is 12.1 Å². The van der Waals surface area contributed by atoms with Gasteiger partial charge in [0, 0.05) is 25.7 Å². The molecule has 2 saturated carbocycles. The Bertz CT molecular complexity index is 380. The van der Waals surface area contributed by atoms with Crippen LogP contribution in [0.2, 0.25) is 0 Å². The Balaban J connectivity index is 0.00000176. The van der Waals surface area contributed by atoms with Gasteiger partial charge in [-0.2, -0.15) is 0 Å². The topological polar surface area (TPSA) is 68.9 Å². The minimum Gasteiger partial charge on any atom is -0.375 e. The van der Waals surface area contributed by atoms with Crippen LogP contribution in [0.3, 0.4) is 0 Å². The van der Waals surface area contributed by atoms with Crippen LogP contribution in [0, 0.1) is 0 Å². The summed E-state index contributed by atoms with van der Waals surface area (Å²) in [5, 5.41) is 3.40. The number of nitrogens with zero attached hydrogens (tertiary/aromatic N) is 1. The summed E-state index contributed by atoms with van der Waals surface area (Å²) in [7, 11) is 0. The van der Waals surface area contributed by atoms with Crippen molar-refractivity contribution >= 4 is 29.9 Å². The molecule has 1 saturated heterocycles. The minimum atomic E-state index is -0.200. The number of hydrogen-bond donors (Lipinski definition) is 2. The molecular weight excluding hydrogens is 393 g/mol. The van der Waals surface area contributed by atoms with Gasteiger partial charge in [-0.3, -0.25) is 0 Å². The van der Waals surface area contributed by atoms with Crippen molar-refractivity contribution in [1.29, 1.82) is 0 Å². The summed E-state index contributed by atoms with van der Waals surface area (Å²) in [6.45, 7) is 3.60. The van der Waals surface area contributed by atoms with Crippen LogP contribution in [0.5, 0.6) is 0 Å². The van der Waals surface area contributed by atoms with Crippen molar-refractivity contribution in [2.24, 2.45) is 10.7 Å². The number of nitrogens with one attached hydrogen (secondary N) is 1. The normalized spacial score (nSPS) is 36.0. The Morgan fingerprint density at radius 2 is 2.09 bits per heavy atom. The van der Waals surface area contributed by atoms with Crippen LogP contribution in [0.1, 0.15) is 58.3 Å². The van der Waals surface area contributed by atoms with E-state index in [9.17, 15) is 0 Å². The lowest BCUT2D eigenvalue weighted by atomic mass is 9.70. The molecule has 1 aliphatic heterocycles. The van der Waals surface area contributed by atoms with Gasteiger partial charge in [0.15, 0.2) is 5.96 Å². The molecule has 0 aromatic heterocycles. The second kappa shape index (κ2) is 8.15. The van der Waals surface area contributed by atoms with Crippen LogP contribution in [0.15, 0.2) is 4.99 Å². The lowest BCUT2D eigenvalue weighted by molar-refractivity contribution is -0.188. The zero-order chi connectivity index (χ0) is 14.7. The van der Waals surface area contributed by atoms with Gasteiger partial charge in [-0.05, 0) is 32.6 Å². The van der Waals surface area contributed by atoms with Gasteiger partial charge in [-0.15, -0.1) is 24.0 Å². The van der Waals surface area contributed by atoms with Crippen molar-refractivity contribution < 1.29 is 9.47 Å². The zero-order valence-corrected chi connectivity index (χ0v) is 15.9. The number of nitrogens with two attached hydrogens (primary N) is 1. The molecule has 3 rings (SSSR count). The molecule has 3 N–H and O–H groups in total. The van der Waals surface area contributed by atoms with Gasteiger partial charge in [-0.25, -0.2) is 4.99 Å². The summed E-state index contributed by atoms with van der Waals surface area (Å²) in [5.74, 6) is 0.594. The molecule has 6 heteroatoms. The fourth-order valence-electron chi connectivity index (χ4n) is 4.09. The summed E-state index contributed by atoms with van der Waals surface area (Å²) >= 11 is 0. The van der Waals surface area contributed by atoms with E-state index in [4.69, 9.17) is 20.2 Å². The summed E-state index contributed by atoms with van der Waals surface area (Å²) in [5.41, 5.74) is 5.93. The van der Waals surface area contributed by atoms with Gasteiger partial charge >= 0.3 is 0 Å². The number of guanidine groups is 1. The van der Waals surface area contributed by atoms with Crippen molar-refractivity contribution in [2.75, 3.05) is 13.2 Å². The SMILES string of the molecule is CCOC1CC(N=C(N)NC2CCCCC2)C12CCCO2.I. The van der Waals surface area contributed by atoms with Crippen molar-refractivity contribution in [3.63, 3.8) is 0 Å². The lowest BCUT2D eigenvalue weighted by Crippen LogP contribution is -2.64. The minimum absolute atomic E-state index is 0. The maximum Gasteiger partial charge on any atom is 0.189 e. The fourth-order valence-corrected chi connectivity index (χ4v) is 4.09. The van der Waals surface area contributed by atoms with E-state index >= 15 is 0 Å². The molecule has 5 nitrogen and oxygen atoms in total. The predicted molar refractivity (Wildman–Crippen MR) is 98.8 cm³/mol. The molecule has 0 amide bonds. The number of ether oxygens (including phenoxy) is 2. The van der Waals surface area contributed by atoms with E-state index in [1.807, 2.05) is 6.92 Å². The molecule has 0 aromatic carbocycles.